The van der Waals surface area contributed by atoms with Gasteiger partial charge in [0.1, 0.15) is 35.7 Å². The second kappa shape index (κ2) is 8.33. The molecule has 0 bridgehead atoms. The Hall–Kier alpha value is -3.09. The largest absolute Gasteiger partial charge is 0.489 e. The average molecular weight is 362 g/mol. The maximum atomic E-state index is 13.5. The molecule has 0 saturated heterocycles. The van der Waals surface area contributed by atoms with Crippen LogP contribution in [-0.4, -0.2) is 22.6 Å². The number of hydrogen-bond donors (Lipinski definition) is 1. The van der Waals surface area contributed by atoms with E-state index in [0.29, 0.717) is 0 Å². The Balaban J connectivity index is 2.03. The van der Waals surface area contributed by atoms with Gasteiger partial charge in [0.15, 0.2) is 5.78 Å². The summed E-state index contributed by atoms with van der Waals surface area (Å²) in [4.78, 5) is 34.3. The van der Waals surface area contributed by atoms with Crippen molar-refractivity contribution in [2.45, 2.75) is 20.0 Å². The van der Waals surface area contributed by atoms with Gasteiger partial charge >= 0.3 is 5.97 Å². The maximum absolute atomic E-state index is 13.5. The van der Waals surface area contributed by atoms with E-state index in [4.69, 9.17) is 9.84 Å². The zero-order valence-electron chi connectivity index (χ0n) is 13.9. The van der Waals surface area contributed by atoms with E-state index in [1.165, 1.54) is 30.3 Å². The summed E-state index contributed by atoms with van der Waals surface area (Å²) >= 11 is 0. The minimum Gasteiger partial charge on any atom is -0.489 e. The van der Waals surface area contributed by atoms with E-state index in [2.05, 4.69) is 0 Å². The highest BCUT2D eigenvalue weighted by Gasteiger charge is 2.26. The number of halogens is 2. The number of ether oxygens (including phenoxy) is 1. The van der Waals surface area contributed by atoms with Gasteiger partial charge in [-0.25, -0.2) is 8.78 Å². The number of aliphatic carboxylic acids is 1. The molecule has 0 saturated carbocycles. The summed E-state index contributed by atoms with van der Waals surface area (Å²) in [6.45, 7) is 0.794. The first-order valence-corrected chi connectivity index (χ1v) is 7.71. The van der Waals surface area contributed by atoms with Gasteiger partial charge in [-0.05, 0) is 43.3 Å². The second-order valence-corrected chi connectivity index (χ2v) is 5.64. The third-order valence-corrected chi connectivity index (χ3v) is 3.80. The molecule has 0 radical (unpaired) electrons. The van der Waals surface area contributed by atoms with E-state index >= 15 is 0 Å². The topological polar surface area (TPSA) is 80.7 Å². The van der Waals surface area contributed by atoms with E-state index in [9.17, 15) is 23.2 Å². The molecule has 0 unspecified atom stereocenters. The fourth-order valence-electron chi connectivity index (χ4n) is 2.27. The Morgan fingerprint density at radius 1 is 1.04 bits per heavy atom. The van der Waals surface area contributed by atoms with Crippen LogP contribution in [0.1, 0.15) is 29.3 Å². The Labute approximate surface area is 148 Å². The normalized spacial score (nSPS) is 11.7. The van der Waals surface area contributed by atoms with Crippen LogP contribution in [0.15, 0.2) is 42.5 Å². The Morgan fingerprint density at radius 3 is 2.12 bits per heavy atom. The molecule has 0 spiro atoms. The lowest BCUT2D eigenvalue weighted by molar-refractivity contribution is -0.145. The van der Waals surface area contributed by atoms with Crippen molar-refractivity contribution in [3.63, 3.8) is 0 Å². The molecule has 0 heterocycles. The molecule has 1 N–H and O–H groups in total. The first kappa shape index (κ1) is 19.2. The highest BCUT2D eigenvalue weighted by Crippen LogP contribution is 2.19. The van der Waals surface area contributed by atoms with Crippen molar-refractivity contribution in [1.82, 2.24) is 0 Å². The van der Waals surface area contributed by atoms with Gasteiger partial charge in [0.25, 0.3) is 0 Å². The van der Waals surface area contributed by atoms with Crippen LogP contribution in [0.4, 0.5) is 8.78 Å². The van der Waals surface area contributed by atoms with Gasteiger partial charge in [-0.1, -0.05) is 6.07 Å². The van der Waals surface area contributed by atoms with Crippen molar-refractivity contribution in [2.24, 2.45) is 5.92 Å². The van der Waals surface area contributed by atoms with Crippen molar-refractivity contribution in [2.75, 3.05) is 0 Å². The van der Waals surface area contributed by atoms with Crippen LogP contribution in [0, 0.1) is 17.6 Å². The lowest BCUT2D eigenvalue weighted by atomic mass is 9.95. The van der Waals surface area contributed by atoms with E-state index in [1.807, 2.05) is 0 Å². The van der Waals surface area contributed by atoms with Crippen LogP contribution in [0.3, 0.4) is 0 Å². The summed E-state index contributed by atoms with van der Waals surface area (Å²) in [6.07, 6.45) is -0.439. The molecule has 0 amide bonds. The first-order valence-electron chi connectivity index (χ1n) is 7.71. The number of carbonyl (C=O) groups excluding carboxylic acids is 2. The minimum absolute atomic E-state index is 0.210. The molecule has 7 heteroatoms. The number of carboxylic acid groups (broad SMARTS) is 1. The summed E-state index contributed by atoms with van der Waals surface area (Å²) in [5, 5.41) is 8.95. The summed E-state index contributed by atoms with van der Waals surface area (Å²) < 4.78 is 32.4. The van der Waals surface area contributed by atoms with Gasteiger partial charge in [0.05, 0.1) is 5.56 Å². The van der Waals surface area contributed by atoms with Gasteiger partial charge in [-0.2, -0.15) is 0 Å². The molecule has 0 aliphatic rings. The molecule has 1 atom stereocenters. The molecule has 2 aromatic rings. The number of benzene rings is 2. The van der Waals surface area contributed by atoms with Crippen LogP contribution in [0.5, 0.6) is 5.75 Å². The van der Waals surface area contributed by atoms with Crippen molar-refractivity contribution in [3.8, 4) is 5.75 Å². The highest BCUT2D eigenvalue weighted by atomic mass is 19.1. The summed E-state index contributed by atoms with van der Waals surface area (Å²) in [6, 6.07) is 9.14. The number of carbonyl (C=O) groups is 3. The van der Waals surface area contributed by atoms with E-state index in [-0.39, 0.29) is 23.5 Å². The van der Waals surface area contributed by atoms with Crippen LogP contribution < -0.4 is 4.74 Å². The quantitative estimate of drug-likeness (QED) is 0.575. The molecular formula is C19H16F2O5. The van der Waals surface area contributed by atoms with Gasteiger partial charge in [0, 0.05) is 12.0 Å². The molecule has 26 heavy (non-hydrogen) atoms. The third kappa shape index (κ3) is 4.72. The van der Waals surface area contributed by atoms with Crippen LogP contribution >= 0.6 is 0 Å². The van der Waals surface area contributed by atoms with Crippen LogP contribution in [0.2, 0.25) is 0 Å². The SMILES string of the molecule is CC(=O)[C@H](CC(=O)c1ccc(OCc2c(F)cccc2F)cc1)C(=O)O. The molecule has 0 aliphatic carbocycles. The monoisotopic (exact) mass is 362 g/mol. The Kier molecular flexibility index (Phi) is 6.16. The Morgan fingerprint density at radius 2 is 1.62 bits per heavy atom. The molecule has 2 rings (SSSR count). The zero-order chi connectivity index (χ0) is 19.3. The fraction of sp³-hybridized carbons (Fsp3) is 0.211. The fourth-order valence-corrected chi connectivity index (χ4v) is 2.27. The van der Waals surface area contributed by atoms with Crippen LogP contribution in [-0.2, 0) is 16.2 Å². The molecule has 0 fully saturated rings. The van der Waals surface area contributed by atoms with Crippen molar-refractivity contribution in [1.29, 1.82) is 0 Å². The summed E-state index contributed by atoms with van der Waals surface area (Å²) in [7, 11) is 0. The minimum atomic E-state index is -1.39. The lowest BCUT2D eigenvalue weighted by Gasteiger charge is -2.10. The second-order valence-electron chi connectivity index (χ2n) is 5.64. The van der Waals surface area contributed by atoms with Crippen molar-refractivity contribution >= 4 is 17.5 Å². The maximum Gasteiger partial charge on any atom is 0.314 e. The van der Waals surface area contributed by atoms with E-state index in [1.54, 1.807) is 0 Å². The number of rotatable bonds is 8. The predicted octanol–water partition coefficient (Wildman–Crippen LogP) is 3.41. The zero-order valence-corrected chi connectivity index (χ0v) is 13.9. The average Bonchev–Trinajstić information content (AvgIpc) is 2.59. The lowest BCUT2D eigenvalue weighted by Crippen LogP contribution is -2.24. The standard InChI is InChI=1S/C19H16F2O5/c1-11(22)14(19(24)25)9-18(23)12-5-7-13(8-6-12)26-10-15-16(20)3-2-4-17(15)21/h2-8,14H,9-10H2,1H3,(H,24,25)/t14-/m0/s1. The van der Waals surface area contributed by atoms with E-state index < -0.39 is 41.5 Å². The number of Topliss-reactive ketones (excluding diaryl/α,β-unsaturated/α-hetero) is 2. The van der Waals surface area contributed by atoms with Crippen LogP contribution in [0.25, 0.3) is 0 Å². The number of hydrogen-bond acceptors (Lipinski definition) is 4. The van der Waals surface area contributed by atoms with E-state index in [0.717, 1.165) is 19.1 Å². The van der Waals surface area contributed by atoms with Crippen molar-refractivity contribution in [3.05, 3.63) is 65.2 Å². The molecule has 136 valence electrons. The molecule has 2 aromatic carbocycles. The van der Waals surface area contributed by atoms with Gasteiger partial charge in [0.2, 0.25) is 0 Å². The summed E-state index contributed by atoms with van der Waals surface area (Å²) in [5.74, 6) is -5.00. The van der Waals surface area contributed by atoms with Gasteiger partial charge in [-0.3, -0.25) is 14.4 Å². The number of ketones is 2. The molecular weight excluding hydrogens is 346 g/mol. The summed E-state index contributed by atoms with van der Waals surface area (Å²) in [5.41, 5.74) is 0.000309. The van der Waals surface area contributed by atoms with Gasteiger partial charge < -0.3 is 9.84 Å². The smallest absolute Gasteiger partial charge is 0.314 e. The van der Waals surface area contributed by atoms with Gasteiger partial charge in [-0.15, -0.1) is 0 Å². The molecule has 0 aliphatic heterocycles. The predicted molar refractivity (Wildman–Crippen MR) is 87.9 cm³/mol. The molecule has 5 nitrogen and oxygen atoms in total. The van der Waals surface area contributed by atoms with Crippen molar-refractivity contribution < 1.29 is 33.0 Å². The third-order valence-electron chi connectivity index (χ3n) is 3.80. The first-order chi connectivity index (χ1) is 12.3. The highest BCUT2D eigenvalue weighted by molar-refractivity contribution is 6.05. The Bertz CT molecular complexity index is 796. The number of carboxylic acids is 1. The molecule has 0 aromatic heterocycles.